The van der Waals surface area contributed by atoms with E-state index in [1.165, 1.54) is 10.8 Å². The molecule has 7 aromatic carbocycles. The number of hydrogen-bond acceptors (Lipinski definition) is 3. The van der Waals surface area contributed by atoms with Gasteiger partial charge in [-0.05, 0) is 77.9 Å². The van der Waals surface area contributed by atoms with E-state index >= 15 is 0 Å². The Hall–Kier alpha value is -7.39. The lowest BCUT2D eigenvalue weighted by atomic mass is 9.89. The van der Waals surface area contributed by atoms with Crippen LogP contribution in [-0.2, 0) is 0 Å². The Morgan fingerprint density at radius 1 is 0.400 bits per heavy atom. The number of nitrogens with zero attached hydrogens (tertiary/aromatic N) is 5. The maximum atomic E-state index is 10.6. The molecule has 0 bridgehead atoms. The lowest BCUT2D eigenvalue weighted by Crippen LogP contribution is -2.00. The summed E-state index contributed by atoms with van der Waals surface area (Å²) in [4.78, 5) is 0. The van der Waals surface area contributed by atoms with Crippen molar-refractivity contribution in [2.24, 2.45) is 0 Å². The van der Waals surface area contributed by atoms with Gasteiger partial charge in [-0.15, -0.1) is 0 Å². The average Bonchev–Trinajstić information content (AvgIpc) is 3.69. The lowest BCUT2D eigenvalue weighted by molar-refractivity contribution is 1.18. The quantitative estimate of drug-likeness (QED) is 0.193. The third-order valence-corrected chi connectivity index (χ3v) is 9.62. The Balaban J connectivity index is 1.31. The van der Waals surface area contributed by atoms with E-state index in [9.17, 15) is 15.8 Å². The minimum Gasteiger partial charge on any atom is -0.309 e. The van der Waals surface area contributed by atoms with Crippen molar-refractivity contribution in [3.8, 4) is 51.8 Å². The van der Waals surface area contributed by atoms with Gasteiger partial charge in [0.2, 0.25) is 0 Å². The Labute approximate surface area is 287 Å². The van der Waals surface area contributed by atoms with E-state index in [1.54, 1.807) is 0 Å². The molecular weight excluding hydrogens is 611 g/mol. The van der Waals surface area contributed by atoms with Gasteiger partial charge in [-0.3, -0.25) is 0 Å². The second-order valence-electron chi connectivity index (χ2n) is 12.3. The molecule has 2 heterocycles. The zero-order chi connectivity index (χ0) is 33.8. The fourth-order valence-corrected chi connectivity index (χ4v) is 7.49. The summed E-state index contributed by atoms with van der Waals surface area (Å²) in [6.45, 7) is 0. The molecule has 9 aromatic rings. The predicted octanol–water partition coefficient (Wildman–Crippen LogP) is 10.8. The maximum Gasteiger partial charge on any atom is 0.0998 e. The van der Waals surface area contributed by atoms with E-state index in [2.05, 4.69) is 118 Å². The Bertz CT molecular complexity index is 2920. The summed E-state index contributed by atoms with van der Waals surface area (Å²) in [5.74, 6) is 0. The molecule has 0 amide bonds. The largest absolute Gasteiger partial charge is 0.309 e. The molecule has 50 heavy (non-hydrogen) atoms. The number of nitriles is 3. The van der Waals surface area contributed by atoms with Crippen LogP contribution in [0, 0.1) is 34.0 Å². The fraction of sp³-hybridized carbons (Fsp3) is 0. The van der Waals surface area contributed by atoms with Gasteiger partial charge in [-0.2, -0.15) is 15.8 Å². The molecule has 0 radical (unpaired) electrons. The molecule has 230 valence electrons. The summed E-state index contributed by atoms with van der Waals surface area (Å²) in [6.07, 6.45) is 0. The van der Waals surface area contributed by atoms with Crippen LogP contribution in [0.3, 0.4) is 0 Å². The van der Waals surface area contributed by atoms with Gasteiger partial charge in [0.15, 0.2) is 0 Å². The first-order chi connectivity index (χ1) is 24.7. The van der Waals surface area contributed by atoms with Crippen molar-refractivity contribution < 1.29 is 0 Å². The SMILES string of the molecule is N#Cc1ccc2c(c1)c1ccc(C#N)cc1n2-c1ccccc1-c1c(C#N)cccc1-c1cccc(-n2c3ccccc3c3ccccc32)c1. The average molecular weight is 636 g/mol. The Kier molecular flexibility index (Phi) is 6.56. The van der Waals surface area contributed by atoms with E-state index < -0.39 is 0 Å². The fourth-order valence-electron chi connectivity index (χ4n) is 7.49. The third kappa shape index (κ3) is 4.31. The number of hydrogen-bond donors (Lipinski definition) is 0. The number of rotatable bonds is 4. The van der Waals surface area contributed by atoms with Gasteiger partial charge in [0.1, 0.15) is 0 Å². The first-order valence-electron chi connectivity index (χ1n) is 16.3. The predicted molar refractivity (Wildman–Crippen MR) is 200 cm³/mol. The van der Waals surface area contributed by atoms with E-state index in [1.807, 2.05) is 60.7 Å². The van der Waals surface area contributed by atoms with Gasteiger partial charge in [0.25, 0.3) is 0 Å². The van der Waals surface area contributed by atoms with Gasteiger partial charge in [-0.1, -0.05) is 84.9 Å². The molecular formula is C45H25N5. The molecule has 0 aliphatic heterocycles. The van der Waals surface area contributed by atoms with E-state index in [-0.39, 0.29) is 0 Å². The zero-order valence-corrected chi connectivity index (χ0v) is 26.7. The number of aromatic nitrogens is 2. The molecule has 0 aliphatic rings. The summed E-state index contributed by atoms with van der Waals surface area (Å²) in [5, 5.41) is 34.4. The Morgan fingerprint density at radius 3 is 1.78 bits per heavy atom. The summed E-state index contributed by atoms with van der Waals surface area (Å²) in [7, 11) is 0. The summed E-state index contributed by atoms with van der Waals surface area (Å²) >= 11 is 0. The number of para-hydroxylation sites is 3. The Morgan fingerprint density at radius 2 is 1.02 bits per heavy atom. The van der Waals surface area contributed by atoms with Crippen molar-refractivity contribution in [1.82, 2.24) is 9.13 Å². The van der Waals surface area contributed by atoms with Crippen LogP contribution in [0.15, 0.2) is 152 Å². The second-order valence-corrected chi connectivity index (χ2v) is 12.3. The zero-order valence-electron chi connectivity index (χ0n) is 26.7. The standard InChI is InChI=1S/C45H25N5/c46-26-29-20-22-43-39(23-29)37-21-19-30(27-47)24-44(37)50(43)42-18-6-3-14-38(42)45-32(28-48)10-8-15-34(45)31-9-7-11-33(25-31)49-40-16-4-1-12-35(40)36-13-2-5-17-41(36)49/h1-25H. The van der Waals surface area contributed by atoms with Crippen molar-refractivity contribution >= 4 is 43.6 Å². The monoisotopic (exact) mass is 635 g/mol. The highest BCUT2D eigenvalue weighted by Crippen LogP contribution is 2.42. The van der Waals surface area contributed by atoms with Crippen LogP contribution in [0.1, 0.15) is 16.7 Å². The van der Waals surface area contributed by atoms with Crippen LogP contribution < -0.4 is 0 Å². The van der Waals surface area contributed by atoms with Gasteiger partial charge < -0.3 is 9.13 Å². The summed E-state index contributed by atoms with van der Waals surface area (Å²) in [5.41, 5.74) is 11.2. The van der Waals surface area contributed by atoms with Crippen LogP contribution in [-0.4, -0.2) is 9.13 Å². The number of fused-ring (bicyclic) bond motifs is 6. The van der Waals surface area contributed by atoms with Crippen LogP contribution in [0.4, 0.5) is 0 Å². The molecule has 0 fully saturated rings. The molecule has 0 saturated carbocycles. The normalized spacial score (nSPS) is 11.1. The molecule has 0 aliphatic carbocycles. The minimum absolute atomic E-state index is 0.541. The van der Waals surface area contributed by atoms with Gasteiger partial charge in [-0.25, -0.2) is 0 Å². The maximum absolute atomic E-state index is 10.6. The van der Waals surface area contributed by atoms with Crippen molar-refractivity contribution in [3.05, 3.63) is 168 Å². The van der Waals surface area contributed by atoms with Crippen molar-refractivity contribution in [3.63, 3.8) is 0 Å². The highest BCUT2D eigenvalue weighted by Gasteiger charge is 2.21. The first-order valence-corrected chi connectivity index (χ1v) is 16.3. The molecule has 0 unspecified atom stereocenters. The third-order valence-electron chi connectivity index (χ3n) is 9.62. The number of benzene rings is 7. The minimum atomic E-state index is 0.541. The molecule has 0 atom stereocenters. The second kappa shape index (κ2) is 11.4. The topological polar surface area (TPSA) is 81.2 Å². The lowest BCUT2D eigenvalue weighted by Gasteiger charge is -2.19. The smallest absolute Gasteiger partial charge is 0.0998 e. The highest BCUT2D eigenvalue weighted by molar-refractivity contribution is 6.11. The molecule has 2 aromatic heterocycles. The molecule has 5 heteroatoms. The van der Waals surface area contributed by atoms with Crippen LogP contribution in [0.2, 0.25) is 0 Å². The van der Waals surface area contributed by atoms with Crippen LogP contribution >= 0.6 is 0 Å². The van der Waals surface area contributed by atoms with Crippen LogP contribution in [0.25, 0.3) is 77.2 Å². The van der Waals surface area contributed by atoms with Crippen LogP contribution in [0.5, 0.6) is 0 Å². The molecule has 9 rings (SSSR count). The van der Waals surface area contributed by atoms with E-state index in [0.29, 0.717) is 16.7 Å². The van der Waals surface area contributed by atoms with Gasteiger partial charge >= 0.3 is 0 Å². The summed E-state index contributed by atoms with van der Waals surface area (Å²) in [6, 6.07) is 57.8. The highest BCUT2D eigenvalue weighted by atomic mass is 15.0. The molecule has 0 saturated heterocycles. The first kappa shape index (κ1) is 28.8. The van der Waals surface area contributed by atoms with Gasteiger partial charge in [0.05, 0.1) is 62.7 Å². The van der Waals surface area contributed by atoms with Gasteiger partial charge in [0, 0.05) is 38.4 Å². The molecule has 0 spiro atoms. The molecule has 5 nitrogen and oxygen atoms in total. The van der Waals surface area contributed by atoms with E-state index in [0.717, 1.165) is 66.5 Å². The molecule has 0 N–H and O–H groups in total. The van der Waals surface area contributed by atoms with Crippen molar-refractivity contribution in [2.75, 3.05) is 0 Å². The van der Waals surface area contributed by atoms with Crippen molar-refractivity contribution in [1.29, 1.82) is 15.8 Å². The van der Waals surface area contributed by atoms with Crippen molar-refractivity contribution in [2.45, 2.75) is 0 Å². The van der Waals surface area contributed by atoms with E-state index in [4.69, 9.17) is 0 Å². The summed E-state index contributed by atoms with van der Waals surface area (Å²) < 4.78 is 4.45.